The van der Waals surface area contributed by atoms with Crippen LogP contribution in [0.5, 0.6) is 5.75 Å². The molecule has 5 aromatic heterocycles. The van der Waals surface area contributed by atoms with Crippen molar-refractivity contribution in [3.8, 4) is 5.75 Å². The number of aromatic nitrogens is 8. The summed E-state index contributed by atoms with van der Waals surface area (Å²) in [4.78, 5) is 93.4. The largest absolute Gasteiger partial charge is 0.494 e. The summed E-state index contributed by atoms with van der Waals surface area (Å²) < 4.78 is 18.3. The molecular weight excluding hydrogens is 1830 g/mol. The molecule has 0 unspecified atom stereocenters. The molecule has 17 aromatic rings. The fourth-order valence-corrected chi connectivity index (χ4v) is 16.0. The molecule has 0 aliphatic heterocycles. The van der Waals surface area contributed by atoms with E-state index in [-0.39, 0.29) is 73.7 Å². The van der Waals surface area contributed by atoms with Crippen LogP contribution < -0.4 is 36.6 Å². The van der Waals surface area contributed by atoms with Gasteiger partial charge < -0.3 is 41.6 Å². The molecule has 6 amide bonds. The lowest BCUT2D eigenvalue weighted by Gasteiger charge is -2.19. The molecule has 147 heavy (non-hydrogen) atoms. The van der Waals surface area contributed by atoms with Crippen molar-refractivity contribution in [1.82, 2.24) is 40.3 Å². The summed E-state index contributed by atoms with van der Waals surface area (Å²) >= 11 is 0. The topological polar surface area (TPSA) is 293 Å². The van der Waals surface area contributed by atoms with E-state index in [4.69, 9.17) is 4.74 Å². The highest BCUT2D eigenvalue weighted by atomic mass is 19.1. The minimum absolute atomic E-state index is 0.00209. The maximum atomic E-state index is 13.4. The van der Waals surface area contributed by atoms with Gasteiger partial charge in [-0.3, -0.25) is 38.7 Å². The van der Waals surface area contributed by atoms with Crippen LogP contribution in [0, 0.1) is 5.82 Å². The number of aromatic amines is 2. The van der Waals surface area contributed by atoms with E-state index >= 15 is 0 Å². The summed E-state index contributed by atoms with van der Waals surface area (Å²) in [6, 6.07) is 97.6. The molecule has 0 saturated heterocycles. The van der Waals surface area contributed by atoms with Crippen LogP contribution >= 0.6 is 0 Å². The maximum absolute atomic E-state index is 13.4. The Morgan fingerprint density at radius 2 is 0.667 bits per heavy atom. The first-order valence-corrected chi connectivity index (χ1v) is 50.4. The van der Waals surface area contributed by atoms with Gasteiger partial charge in [-0.15, -0.1) is 0 Å². The SMILES string of the molecule is CC(C)(C)c1ccc(CCC(=O)Nc2ccc3ccccc3n2)cc1.CC(C)(C)c1ccc(CCC(=O)Nc2ccc3n[nH]nc3c2)cc1.CC(C)(C)c1ccc(CCC(=O)Nc2ccc3nc[nH]c3c2)cc1.CC(C)(C)c1ccc(CCC(=O)Nc2cccc3ncccc23)cc1.CC(C)(C)c1ccc(CCC(=O)Nc2cnc3ccccc3c2)cc1.COc1cc(NC(=O)CCc2ccc(C(C)(C)C)cc2)ccc1F. The molecule has 17 rings (SSSR count). The van der Waals surface area contributed by atoms with Gasteiger partial charge in [-0.05, 0) is 241 Å². The molecule has 12 aromatic carbocycles. The summed E-state index contributed by atoms with van der Waals surface area (Å²) in [5, 5.41) is 31.1. The van der Waals surface area contributed by atoms with Gasteiger partial charge in [0.25, 0.3) is 0 Å². The van der Waals surface area contributed by atoms with E-state index in [0.29, 0.717) is 56.5 Å². The van der Waals surface area contributed by atoms with Crippen molar-refractivity contribution < 1.29 is 37.9 Å². The Kier molecular flexibility index (Phi) is 38.0. The first-order chi connectivity index (χ1) is 69.9. The minimum atomic E-state index is -0.450. The number of para-hydroxylation sites is 2. The zero-order valence-electron chi connectivity index (χ0n) is 88.4. The molecule has 0 spiro atoms. The third kappa shape index (κ3) is 34.8. The number of ether oxygens (including phenoxy) is 1. The lowest BCUT2D eigenvalue weighted by atomic mass is 9.86. The Labute approximate surface area is 864 Å². The molecule has 0 radical (unpaired) electrons. The number of hydrogen-bond acceptors (Lipinski definition) is 13. The number of halogens is 1. The van der Waals surface area contributed by atoms with E-state index in [1.807, 2.05) is 133 Å². The van der Waals surface area contributed by atoms with Gasteiger partial charge in [0.05, 0.1) is 58.6 Å². The van der Waals surface area contributed by atoms with Gasteiger partial charge >= 0.3 is 0 Å². The highest BCUT2D eigenvalue weighted by Gasteiger charge is 2.22. The number of carbonyl (C=O) groups is 6. The number of carbonyl (C=O) groups excluding carboxylic acids is 6. The number of anilines is 6. The number of nitrogens with zero attached hydrogens (tertiary/aromatic N) is 6. The monoisotopic (exact) mass is 1970 g/mol. The standard InChI is InChI=1S/3C22H24N2O.C20H24FNO2.C20H23N3O.C19H22N4O/c1-22(2,3)17-12-9-16(10-13-17)11-14-21(25)24-20-8-4-7-19-18(20)6-5-15-23-19;1-22(2,3)18-12-8-16(9-13-18)10-15-21(25)24-20-14-11-17-6-4-5-7-19(17)23-20;1-22(2,3)18-11-8-16(9-12-18)10-13-21(25)24-19-14-17-6-4-5-7-20(17)23-15-19;1-20(2,3)15-8-5-14(6-9-15)7-12-19(23)22-16-10-11-17(21)18(13-16)24-4;1-20(2,3)15-7-4-14(5-8-15)6-11-19(24)23-16-9-10-17-18(12-16)22-13-21-17;1-19(2,3)14-7-4-13(5-8-14)6-11-18(24)20-15-9-10-16-17(12-15)22-23-21-16/h4-10,12-13,15H,11,14H2,1-3H3,(H,24,25);4-9,11-14H,10,15H2,1-3H3,(H,23,24,25);4-9,11-12,14-15H,10,13H2,1-3H3,(H,24,25);5-6,8-11,13H,7,12H2,1-4H3,(H,22,23);4-5,7-10,12-13H,6,11H2,1-3H3,(H,21,22)(H,23,24);4-5,7-10,12H,6,11H2,1-3H3,(H,20,24)(H,21,22,23). The fourth-order valence-electron chi connectivity index (χ4n) is 16.0. The van der Waals surface area contributed by atoms with Gasteiger partial charge in [-0.25, -0.2) is 14.4 Å². The van der Waals surface area contributed by atoms with Gasteiger partial charge in [0.2, 0.25) is 35.4 Å². The number of amides is 6. The molecule has 21 nitrogen and oxygen atoms in total. The number of hydrogen-bond donors (Lipinski definition) is 8. The molecule has 0 aliphatic carbocycles. The van der Waals surface area contributed by atoms with Crippen LogP contribution in [-0.4, -0.2) is 82.9 Å². The van der Waals surface area contributed by atoms with E-state index in [1.165, 1.54) is 86.5 Å². The number of imidazole rings is 1. The maximum Gasteiger partial charge on any atom is 0.225 e. The fraction of sp³-hybridized carbons (Fsp3) is 0.296. The van der Waals surface area contributed by atoms with Crippen molar-refractivity contribution in [2.45, 2.75) is 234 Å². The summed E-state index contributed by atoms with van der Waals surface area (Å²) in [5.41, 5.74) is 25.4. The zero-order valence-corrected chi connectivity index (χ0v) is 88.4. The third-order valence-corrected chi connectivity index (χ3v) is 25.2. The van der Waals surface area contributed by atoms with Gasteiger partial charge in [-0.1, -0.05) is 313 Å². The first kappa shape index (κ1) is 110. The second-order valence-corrected chi connectivity index (χ2v) is 43.2. The van der Waals surface area contributed by atoms with Crippen molar-refractivity contribution in [3.63, 3.8) is 0 Å². The minimum Gasteiger partial charge on any atom is -0.494 e. The van der Waals surface area contributed by atoms with Crippen LogP contribution in [0.2, 0.25) is 0 Å². The predicted molar refractivity (Wildman–Crippen MR) is 601 cm³/mol. The number of rotatable bonds is 25. The van der Waals surface area contributed by atoms with Crippen LogP contribution in [-0.2, 0) is 99.8 Å². The second-order valence-electron chi connectivity index (χ2n) is 43.2. The van der Waals surface area contributed by atoms with Gasteiger partial charge in [-0.2, -0.15) is 15.4 Å². The molecule has 5 heterocycles. The van der Waals surface area contributed by atoms with Crippen LogP contribution in [0.25, 0.3) is 54.8 Å². The van der Waals surface area contributed by atoms with Gasteiger partial charge in [0, 0.05) is 84.0 Å². The molecule has 22 heteroatoms. The number of methoxy groups -OCH3 is 1. The van der Waals surface area contributed by atoms with Crippen LogP contribution in [0.4, 0.5) is 38.6 Å². The van der Waals surface area contributed by atoms with Crippen molar-refractivity contribution in [1.29, 1.82) is 0 Å². The molecular formula is C125H141FN14O7. The number of nitrogens with one attached hydrogen (secondary N) is 8. The number of aryl methyl sites for hydroxylation is 6. The average molecular weight is 1970 g/mol. The van der Waals surface area contributed by atoms with E-state index < -0.39 is 5.82 Å². The molecule has 0 saturated carbocycles. The number of fused-ring (bicyclic) bond motifs is 5. The smallest absolute Gasteiger partial charge is 0.225 e. The molecule has 0 bridgehead atoms. The second kappa shape index (κ2) is 50.7. The lowest BCUT2D eigenvalue weighted by molar-refractivity contribution is -0.117. The van der Waals surface area contributed by atoms with Crippen LogP contribution in [0.3, 0.4) is 0 Å². The van der Waals surface area contributed by atoms with Crippen molar-refractivity contribution >= 4 is 124 Å². The van der Waals surface area contributed by atoms with Gasteiger partial charge in [0.15, 0.2) is 11.6 Å². The quantitative estimate of drug-likeness (QED) is 0.0264. The lowest BCUT2D eigenvalue weighted by Crippen LogP contribution is -2.13. The Hall–Kier alpha value is -15.7. The van der Waals surface area contributed by atoms with E-state index in [2.05, 4.69) is 342 Å². The van der Waals surface area contributed by atoms with E-state index in [1.54, 1.807) is 18.7 Å². The number of pyridine rings is 3. The molecule has 8 N–H and O–H groups in total. The highest BCUT2D eigenvalue weighted by Crippen LogP contribution is 2.32. The number of H-pyrrole nitrogens is 2. The summed E-state index contributed by atoms with van der Waals surface area (Å²) in [6.45, 7) is 39.5. The van der Waals surface area contributed by atoms with Gasteiger partial charge in [0.1, 0.15) is 16.9 Å². The summed E-state index contributed by atoms with van der Waals surface area (Å²) in [7, 11) is 1.39. The van der Waals surface area contributed by atoms with Crippen LogP contribution in [0.15, 0.2) is 316 Å². The Balaban J connectivity index is 0.000000157. The van der Waals surface area contributed by atoms with Crippen LogP contribution in [0.1, 0.15) is 230 Å². The van der Waals surface area contributed by atoms with Crippen molar-refractivity contribution in [3.05, 3.63) is 389 Å². The Bertz CT molecular complexity index is 6950. The normalized spacial score (nSPS) is 11.5. The Morgan fingerprint density at radius 1 is 0.299 bits per heavy atom. The molecule has 0 fully saturated rings. The van der Waals surface area contributed by atoms with Crippen molar-refractivity contribution in [2.24, 2.45) is 0 Å². The van der Waals surface area contributed by atoms with E-state index in [9.17, 15) is 33.2 Å². The first-order valence-electron chi connectivity index (χ1n) is 50.4. The predicted octanol–water partition coefficient (Wildman–Crippen LogP) is 28.3. The third-order valence-electron chi connectivity index (χ3n) is 25.2. The number of benzene rings is 12. The average Bonchev–Trinajstić information content (AvgIpc) is 1.83. The highest BCUT2D eigenvalue weighted by molar-refractivity contribution is 6.01. The summed E-state index contributed by atoms with van der Waals surface area (Å²) in [6.07, 6.45) is 12.1. The Morgan fingerprint density at radius 3 is 1.10 bits per heavy atom. The molecule has 760 valence electrons. The summed E-state index contributed by atoms with van der Waals surface area (Å²) in [5.74, 6) is 0.206. The van der Waals surface area contributed by atoms with Crippen molar-refractivity contribution in [2.75, 3.05) is 39.0 Å². The van der Waals surface area contributed by atoms with E-state index in [0.717, 1.165) is 115 Å². The molecule has 0 aliphatic rings. The zero-order chi connectivity index (χ0) is 106. The molecule has 0 atom stereocenters.